The zero-order valence-electron chi connectivity index (χ0n) is 11.2. The van der Waals surface area contributed by atoms with Crippen LogP contribution >= 0.6 is 11.6 Å². The summed E-state index contributed by atoms with van der Waals surface area (Å²) in [5, 5.41) is 0. The van der Waals surface area contributed by atoms with Gasteiger partial charge in [0.15, 0.2) is 0 Å². The Kier molecular flexibility index (Phi) is 6.44. The lowest BCUT2D eigenvalue weighted by Crippen LogP contribution is -2.31. The second-order valence-corrected chi connectivity index (χ2v) is 5.02. The molecule has 0 aliphatic carbocycles. The summed E-state index contributed by atoms with van der Waals surface area (Å²) < 4.78 is 19.1. The van der Waals surface area contributed by atoms with Crippen LogP contribution in [0.4, 0.5) is 10.1 Å². The summed E-state index contributed by atoms with van der Waals surface area (Å²) in [7, 11) is 1.65. The minimum Gasteiger partial charge on any atom is -0.383 e. The number of hydrogen-bond donors (Lipinski definition) is 0. The quantitative estimate of drug-likeness (QED) is 0.703. The molecule has 0 fully saturated rings. The maximum Gasteiger partial charge on any atom is 0.146 e. The van der Waals surface area contributed by atoms with E-state index in [0.29, 0.717) is 30.6 Å². The van der Waals surface area contributed by atoms with Gasteiger partial charge in [-0.3, -0.25) is 0 Å². The molecule has 1 aromatic carbocycles. The van der Waals surface area contributed by atoms with Gasteiger partial charge in [0, 0.05) is 26.1 Å². The molecule has 0 aliphatic rings. The van der Waals surface area contributed by atoms with E-state index in [4.69, 9.17) is 16.3 Å². The first-order chi connectivity index (χ1) is 8.58. The van der Waals surface area contributed by atoms with Gasteiger partial charge in [-0.15, -0.1) is 11.6 Å². The highest BCUT2D eigenvalue weighted by Gasteiger charge is 2.13. The minimum absolute atomic E-state index is 0.218. The van der Waals surface area contributed by atoms with Crippen LogP contribution in [0.25, 0.3) is 0 Å². The van der Waals surface area contributed by atoms with Gasteiger partial charge in [-0.25, -0.2) is 4.39 Å². The van der Waals surface area contributed by atoms with Crippen LogP contribution in [0.1, 0.15) is 19.4 Å². The van der Waals surface area contributed by atoms with E-state index >= 15 is 0 Å². The molecule has 0 saturated heterocycles. The van der Waals surface area contributed by atoms with E-state index < -0.39 is 0 Å². The highest BCUT2D eigenvalue weighted by Crippen LogP contribution is 2.22. The van der Waals surface area contributed by atoms with E-state index in [-0.39, 0.29) is 5.82 Å². The van der Waals surface area contributed by atoms with E-state index in [1.54, 1.807) is 13.2 Å². The first-order valence-corrected chi connectivity index (χ1v) is 6.70. The monoisotopic (exact) mass is 273 g/mol. The molecule has 1 rings (SSSR count). The minimum atomic E-state index is -0.218. The lowest BCUT2D eigenvalue weighted by atomic mass is 10.1. The average Bonchev–Trinajstić information content (AvgIpc) is 2.34. The topological polar surface area (TPSA) is 12.5 Å². The maximum absolute atomic E-state index is 14.0. The van der Waals surface area contributed by atoms with Gasteiger partial charge in [0.05, 0.1) is 12.3 Å². The van der Waals surface area contributed by atoms with Gasteiger partial charge in [-0.1, -0.05) is 19.9 Å². The van der Waals surface area contributed by atoms with Crippen LogP contribution in [-0.4, -0.2) is 26.8 Å². The molecule has 0 aromatic heterocycles. The van der Waals surface area contributed by atoms with Crippen molar-refractivity contribution in [3.63, 3.8) is 0 Å². The summed E-state index contributed by atoms with van der Waals surface area (Å²) in [6.07, 6.45) is 0. The second-order valence-electron chi connectivity index (χ2n) is 4.75. The molecule has 1 aromatic rings. The van der Waals surface area contributed by atoms with E-state index in [1.165, 1.54) is 6.07 Å². The maximum atomic E-state index is 14.0. The number of ether oxygens (including phenoxy) is 1. The van der Waals surface area contributed by atoms with Gasteiger partial charge < -0.3 is 9.64 Å². The van der Waals surface area contributed by atoms with Crippen molar-refractivity contribution in [2.24, 2.45) is 5.92 Å². The van der Waals surface area contributed by atoms with Crippen molar-refractivity contribution in [3.05, 3.63) is 29.6 Å². The fraction of sp³-hybridized carbons (Fsp3) is 0.571. The molecule has 0 spiro atoms. The SMILES string of the molecule is COCCN(CC(C)C)c1ccc(CCl)cc1F. The van der Waals surface area contributed by atoms with Crippen molar-refractivity contribution >= 4 is 17.3 Å². The van der Waals surface area contributed by atoms with Crippen molar-refractivity contribution in [2.75, 3.05) is 31.7 Å². The third-order valence-electron chi connectivity index (χ3n) is 2.66. The summed E-state index contributed by atoms with van der Waals surface area (Å²) in [6.45, 7) is 6.31. The Hall–Kier alpha value is -0.800. The van der Waals surface area contributed by atoms with Gasteiger partial charge in [0.25, 0.3) is 0 Å². The number of halogens is 2. The summed E-state index contributed by atoms with van der Waals surface area (Å²) in [5.41, 5.74) is 1.42. The van der Waals surface area contributed by atoms with E-state index in [0.717, 1.165) is 12.1 Å². The second kappa shape index (κ2) is 7.59. The van der Waals surface area contributed by atoms with E-state index in [2.05, 4.69) is 13.8 Å². The van der Waals surface area contributed by atoms with E-state index in [1.807, 2.05) is 11.0 Å². The number of methoxy groups -OCH3 is 1. The van der Waals surface area contributed by atoms with Gasteiger partial charge in [-0.05, 0) is 23.6 Å². The predicted molar refractivity (Wildman–Crippen MR) is 74.9 cm³/mol. The number of alkyl halides is 1. The summed E-state index contributed by atoms with van der Waals surface area (Å²) in [5.74, 6) is 0.582. The first-order valence-electron chi connectivity index (χ1n) is 6.16. The molecule has 0 amide bonds. The molecule has 0 saturated carbocycles. The zero-order chi connectivity index (χ0) is 13.5. The van der Waals surface area contributed by atoms with Gasteiger partial charge in [0.2, 0.25) is 0 Å². The Bertz CT molecular complexity index is 371. The molecular formula is C14H21ClFNO. The molecule has 0 bridgehead atoms. The summed E-state index contributed by atoms with van der Waals surface area (Å²) in [4.78, 5) is 2.02. The molecule has 4 heteroatoms. The molecule has 0 unspecified atom stereocenters. The number of rotatable bonds is 7. The van der Waals surface area contributed by atoms with Crippen LogP contribution in [0.5, 0.6) is 0 Å². The molecule has 102 valence electrons. The third-order valence-corrected chi connectivity index (χ3v) is 2.97. The van der Waals surface area contributed by atoms with Gasteiger partial charge >= 0.3 is 0 Å². The Morgan fingerprint density at radius 2 is 2.11 bits per heavy atom. The smallest absolute Gasteiger partial charge is 0.146 e. The normalized spacial score (nSPS) is 11.0. The number of hydrogen-bond acceptors (Lipinski definition) is 2. The first kappa shape index (κ1) is 15.3. The Morgan fingerprint density at radius 3 is 2.61 bits per heavy atom. The Morgan fingerprint density at radius 1 is 1.39 bits per heavy atom. The largest absolute Gasteiger partial charge is 0.383 e. The van der Waals surface area contributed by atoms with Crippen LogP contribution in [0.3, 0.4) is 0 Å². The van der Waals surface area contributed by atoms with Crippen LogP contribution < -0.4 is 4.90 Å². The van der Waals surface area contributed by atoms with Crippen LogP contribution in [-0.2, 0) is 10.6 Å². The molecule has 0 atom stereocenters. The lowest BCUT2D eigenvalue weighted by Gasteiger charge is -2.27. The average molecular weight is 274 g/mol. The fourth-order valence-corrected chi connectivity index (χ4v) is 2.01. The Balaban J connectivity index is 2.89. The van der Waals surface area contributed by atoms with E-state index in [9.17, 15) is 4.39 Å². The van der Waals surface area contributed by atoms with Crippen LogP contribution in [0, 0.1) is 11.7 Å². The highest BCUT2D eigenvalue weighted by atomic mass is 35.5. The van der Waals surface area contributed by atoms with Crippen LogP contribution in [0.15, 0.2) is 18.2 Å². The predicted octanol–water partition coefficient (Wildman–Crippen LogP) is 3.67. The molecule has 0 heterocycles. The molecule has 0 N–H and O–H groups in total. The number of nitrogens with zero attached hydrogens (tertiary/aromatic N) is 1. The standard InChI is InChI=1S/C14H21ClFNO/c1-11(2)10-17(6-7-18-3)14-5-4-12(9-15)8-13(14)16/h4-5,8,11H,6-7,9-10H2,1-3H3. The van der Waals surface area contributed by atoms with Crippen molar-refractivity contribution in [1.29, 1.82) is 0 Å². The molecule has 0 radical (unpaired) electrons. The van der Waals surface area contributed by atoms with Crippen molar-refractivity contribution in [3.8, 4) is 0 Å². The van der Waals surface area contributed by atoms with Gasteiger partial charge in [0.1, 0.15) is 5.82 Å². The van der Waals surface area contributed by atoms with Crippen LogP contribution in [0.2, 0.25) is 0 Å². The highest BCUT2D eigenvalue weighted by molar-refractivity contribution is 6.17. The summed E-state index contributed by atoms with van der Waals surface area (Å²) >= 11 is 5.70. The number of benzene rings is 1. The van der Waals surface area contributed by atoms with Gasteiger partial charge in [-0.2, -0.15) is 0 Å². The zero-order valence-corrected chi connectivity index (χ0v) is 12.0. The lowest BCUT2D eigenvalue weighted by molar-refractivity contribution is 0.204. The molecule has 18 heavy (non-hydrogen) atoms. The van der Waals surface area contributed by atoms with Crippen molar-refractivity contribution in [1.82, 2.24) is 0 Å². The molecule has 2 nitrogen and oxygen atoms in total. The van der Waals surface area contributed by atoms with Crippen molar-refractivity contribution in [2.45, 2.75) is 19.7 Å². The molecular weight excluding hydrogens is 253 g/mol. The molecule has 0 aliphatic heterocycles. The summed E-state index contributed by atoms with van der Waals surface area (Å²) in [6, 6.07) is 5.17. The third kappa shape index (κ3) is 4.46. The number of anilines is 1. The van der Waals surface area contributed by atoms with Crippen molar-refractivity contribution < 1.29 is 9.13 Å². The fourth-order valence-electron chi connectivity index (χ4n) is 1.84. The Labute approximate surface area is 114 Å².